The molecule has 1 aliphatic heterocycles. The lowest BCUT2D eigenvalue weighted by molar-refractivity contribution is -0.153. The number of morpholine rings is 1. The van der Waals surface area contributed by atoms with Crippen molar-refractivity contribution in [3.8, 4) is 11.3 Å². The Morgan fingerprint density at radius 2 is 2.07 bits per heavy atom. The van der Waals surface area contributed by atoms with Crippen molar-refractivity contribution in [2.75, 3.05) is 17.2 Å². The van der Waals surface area contributed by atoms with Gasteiger partial charge < -0.3 is 15.4 Å². The molecule has 7 nitrogen and oxygen atoms in total. The second-order valence-corrected chi connectivity index (χ2v) is 7.78. The van der Waals surface area contributed by atoms with Crippen LogP contribution in [0.4, 0.5) is 20.3 Å². The van der Waals surface area contributed by atoms with E-state index in [-0.39, 0.29) is 46.0 Å². The van der Waals surface area contributed by atoms with Crippen LogP contribution in [-0.2, 0) is 9.53 Å². The van der Waals surface area contributed by atoms with Crippen LogP contribution in [0.25, 0.3) is 16.8 Å². The number of carbonyl (C=O) groups is 1. The standard InChI is InChI=1S/C19H18ClF2N5O2/c1-9-7-26(18(28)19(2,3)29-9)12-6-10(4-5-11(12)21)15-14(22)13(20)16-17(23)24-8-25-27(15)16/h4-6,8-9H,7H2,1-3H3,(H2,23,24,25). The summed E-state index contributed by atoms with van der Waals surface area (Å²) in [7, 11) is 0. The zero-order valence-corrected chi connectivity index (χ0v) is 16.7. The minimum absolute atomic E-state index is 0.00614. The molecule has 0 radical (unpaired) electrons. The molecule has 152 valence electrons. The normalized spacial score (nSPS) is 19.2. The zero-order valence-electron chi connectivity index (χ0n) is 15.9. The van der Waals surface area contributed by atoms with E-state index in [0.29, 0.717) is 0 Å². The van der Waals surface area contributed by atoms with E-state index in [1.807, 2.05) is 0 Å². The molecular weight excluding hydrogens is 404 g/mol. The Balaban J connectivity index is 1.90. The quantitative estimate of drug-likeness (QED) is 0.685. The highest BCUT2D eigenvalue weighted by atomic mass is 35.5. The second-order valence-electron chi connectivity index (χ2n) is 7.40. The van der Waals surface area contributed by atoms with Gasteiger partial charge in [-0.2, -0.15) is 5.10 Å². The third-order valence-corrected chi connectivity index (χ3v) is 5.19. The average Bonchev–Trinajstić information content (AvgIpc) is 2.90. The van der Waals surface area contributed by atoms with Gasteiger partial charge in [0.25, 0.3) is 5.91 Å². The molecule has 1 fully saturated rings. The topological polar surface area (TPSA) is 85.8 Å². The smallest absolute Gasteiger partial charge is 0.258 e. The number of carbonyl (C=O) groups excluding carboxylic acids is 1. The lowest BCUT2D eigenvalue weighted by atomic mass is 10.0. The van der Waals surface area contributed by atoms with Gasteiger partial charge in [0.2, 0.25) is 0 Å². The number of nitrogens with zero attached hydrogens (tertiary/aromatic N) is 4. The minimum atomic E-state index is -1.11. The van der Waals surface area contributed by atoms with Crippen LogP contribution in [0.15, 0.2) is 24.5 Å². The van der Waals surface area contributed by atoms with E-state index < -0.39 is 23.1 Å². The number of fused-ring (bicyclic) bond motifs is 1. The number of benzene rings is 1. The summed E-state index contributed by atoms with van der Waals surface area (Å²) >= 11 is 6.09. The third-order valence-electron chi connectivity index (χ3n) is 4.84. The Kier molecular flexibility index (Phi) is 4.47. The fourth-order valence-corrected chi connectivity index (χ4v) is 3.89. The van der Waals surface area contributed by atoms with Crippen LogP contribution in [0.2, 0.25) is 5.02 Å². The monoisotopic (exact) mass is 421 g/mol. The Hall–Kier alpha value is -2.78. The number of anilines is 2. The maximum absolute atomic E-state index is 14.9. The lowest BCUT2D eigenvalue weighted by Crippen LogP contribution is -2.56. The summed E-state index contributed by atoms with van der Waals surface area (Å²) in [4.78, 5) is 18.0. The Bertz CT molecular complexity index is 1150. The second kappa shape index (κ2) is 6.64. The fraction of sp³-hybridized carbons (Fsp3) is 0.316. The molecule has 0 spiro atoms. The molecule has 1 saturated heterocycles. The van der Waals surface area contributed by atoms with Crippen LogP contribution in [0.5, 0.6) is 0 Å². The zero-order chi connectivity index (χ0) is 21.1. The van der Waals surface area contributed by atoms with Crippen LogP contribution < -0.4 is 10.6 Å². The number of nitrogens with two attached hydrogens (primary N) is 1. The average molecular weight is 422 g/mol. The van der Waals surface area contributed by atoms with E-state index in [1.165, 1.54) is 33.9 Å². The largest absolute Gasteiger partial charge is 0.382 e. The molecule has 1 atom stereocenters. The van der Waals surface area contributed by atoms with Gasteiger partial charge in [0.1, 0.15) is 34.0 Å². The van der Waals surface area contributed by atoms with Crippen LogP contribution in [0, 0.1) is 11.6 Å². The summed E-state index contributed by atoms with van der Waals surface area (Å²) < 4.78 is 36.5. The summed E-state index contributed by atoms with van der Waals surface area (Å²) in [5.74, 6) is -1.76. The Morgan fingerprint density at radius 3 is 2.79 bits per heavy atom. The van der Waals surface area contributed by atoms with E-state index in [1.54, 1.807) is 20.8 Å². The number of aromatic nitrogens is 3. The molecule has 1 unspecified atom stereocenters. The molecule has 0 saturated carbocycles. The number of rotatable bonds is 2. The predicted molar refractivity (Wildman–Crippen MR) is 105 cm³/mol. The lowest BCUT2D eigenvalue weighted by Gasteiger charge is -2.40. The van der Waals surface area contributed by atoms with Crippen molar-refractivity contribution in [1.29, 1.82) is 0 Å². The number of nitrogen functional groups attached to an aromatic ring is 1. The maximum atomic E-state index is 14.9. The van der Waals surface area contributed by atoms with Gasteiger partial charge >= 0.3 is 0 Å². The Morgan fingerprint density at radius 1 is 1.34 bits per heavy atom. The number of amides is 1. The van der Waals surface area contributed by atoms with Crippen molar-refractivity contribution in [3.63, 3.8) is 0 Å². The summed E-state index contributed by atoms with van der Waals surface area (Å²) in [6.07, 6.45) is 0.862. The molecule has 3 aromatic rings. The van der Waals surface area contributed by atoms with Gasteiger partial charge in [-0.15, -0.1) is 0 Å². The number of ether oxygens (including phenoxy) is 1. The first kappa shape index (κ1) is 19.5. The molecule has 1 aliphatic rings. The summed E-state index contributed by atoms with van der Waals surface area (Å²) in [6, 6.07) is 3.95. The van der Waals surface area contributed by atoms with E-state index in [4.69, 9.17) is 22.1 Å². The van der Waals surface area contributed by atoms with Crippen molar-refractivity contribution in [1.82, 2.24) is 14.6 Å². The van der Waals surface area contributed by atoms with Crippen molar-refractivity contribution < 1.29 is 18.3 Å². The van der Waals surface area contributed by atoms with Gasteiger partial charge in [-0.05, 0) is 39.0 Å². The van der Waals surface area contributed by atoms with E-state index in [9.17, 15) is 13.6 Å². The van der Waals surface area contributed by atoms with Crippen LogP contribution in [0.1, 0.15) is 20.8 Å². The van der Waals surface area contributed by atoms with Crippen LogP contribution in [0.3, 0.4) is 0 Å². The Labute approximate surface area is 170 Å². The van der Waals surface area contributed by atoms with E-state index in [0.717, 1.165) is 0 Å². The third kappa shape index (κ3) is 3.01. The highest BCUT2D eigenvalue weighted by Gasteiger charge is 2.41. The molecule has 0 aliphatic carbocycles. The molecule has 10 heteroatoms. The molecule has 2 aromatic heterocycles. The number of hydrogen-bond donors (Lipinski definition) is 1. The van der Waals surface area contributed by atoms with Crippen molar-refractivity contribution in [3.05, 3.63) is 41.2 Å². The fourth-order valence-electron chi connectivity index (χ4n) is 3.62. The highest BCUT2D eigenvalue weighted by Crippen LogP contribution is 2.37. The van der Waals surface area contributed by atoms with Gasteiger partial charge in [-0.3, -0.25) is 4.79 Å². The first-order chi connectivity index (χ1) is 13.6. The molecule has 29 heavy (non-hydrogen) atoms. The van der Waals surface area contributed by atoms with Crippen LogP contribution in [-0.4, -0.2) is 38.8 Å². The molecule has 0 bridgehead atoms. The summed E-state index contributed by atoms with van der Waals surface area (Å²) in [5, 5.41) is 3.79. The molecule has 3 heterocycles. The highest BCUT2D eigenvalue weighted by molar-refractivity contribution is 6.35. The van der Waals surface area contributed by atoms with Gasteiger partial charge in [0, 0.05) is 5.56 Å². The molecule has 4 rings (SSSR count). The van der Waals surface area contributed by atoms with Gasteiger partial charge in [-0.25, -0.2) is 18.3 Å². The predicted octanol–water partition coefficient (Wildman–Crippen LogP) is 3.44. The minimum Gasteiger partial charge on any atom is -0.382 e. The summed E-state index contributed by atoms with van der Waals surface area (Å²) in [6.45, 7) is 5.21. The molecule has 1 amide bonds. The number of hydrogen-bond acceptors (Lipinski definition) is 5. The van der Waals surface area contributed by atoms with E-state index in [2.05, 4.69) is 10.1 Å². The van der Waals surface area contributed by atoms with Crippen molar-refractivity contribution in [2.45, 2.75) is 32.5 Å². The first-order valence-corrected chi connectivity index (χ1v) is 9.25. The van der Waals surface area contributed by atoms with Gasteiger partial charge in [0.15, 0.2) is 11.6 Å². The SMILES string of the molecule is CC1CN(c2cc(-c3c(F)c(Cl)c4c(N)ncnn34)ccc2F)C(=O)C(C)(C)O1. The number of halogens is 3. The molecular formula is C19H18ClF2N5O2. The van der Waals surface area contributed by atoms with Crippen molar-refractivity contribution >= 4 is 34.5 Å². The van der Waals surface area contributed by atoms with Crippen LogP contribution >= 0.6 is 11.6 Å². The summed E-state index contributed by atoms with van der Waals surface area (Å²) in [5.41, 5.74) is 5.10. The van der Waals surface area contributed by atoms with Gasteiger partial charge in [0.05, 0.1) is 18.3 Å². The van der Waals surface area contributed by atoms with Crippen molar-refractivity contribution in [2.24, 2.45) is 0 Å². The molecule has 2 N–H and O–H groups in total. The maximum Gasteiger partial charge on any atom is 0.258 e. The van der Waals surface area contributed by atoms with E-state index >= 15 is 0 Å². The molecule has 1 aromatic carbocycles. The first-order valence-electron chi connectivity index (χ1n) is 8.87. The van der Waals surface area contributed by atoms with Gasteiger partial charge in [-0.1, -0.05) is 11.6 Å².